The van der Waals surface area contributed by atoms with Gasteiger partial charge in [-0.1, -0.05) is 23.8 Å². The van der Waals surface area contributed by atoms with E-state index in [1.807, 2.05) is 38.1 Å². The van der Waals surface area contributed by atoms with Crippen LogP contribution in [0.3, 0.4) is 0 Å². The van der Waals surface area contributed by atoms with Gasteiger partial charge >= 0.3 is 0 Å². The zero-order chi connectivity index (χ0) is 22.5. The Morgan fingerprint density at radius 2 is 1.81 bits per heavy atom. The maximum Gasteiger partial charge on any atom is 0.262 e. The highest BCUT2D eigenvalue weighted by Crippen LogP contribution is 2.40. The number of thiophene rings is 1. The summed E-state index contributed by atoms with van der Waals surface area (Å²) in [7, 11) is -3.76. The predicted octanol–water partition coefficient (Wildman–Crippen LogP) is 5.65. The Hall–Kier alpha value is -2.97. The number of aryl methyl sites for hydroxylation is 5. The Labute approximate surface area is 191 Å². The summed E-state index contributed by atoms with van der Waals surface area (Å²) in [6.45, 7) is 5.68. The van der Waals surface area contributed by atoms with Gasteiger partial charge in [-0.25, -0.2) is 18.4 Å². The van der Waals surface area contributed by atoms with Crippen LogP contribution in [0, 0.1) is 20.8 Å². The fraction of sp³-hybridized carbons (Fsp3) is 0.250. The number of nitrogens with one attached hydrogen (secondary N) is 2. The lowest BCUT2D eigenvalue weighted by atomic mass is 10.1. The van der Waals surface area contributed by atoms with Crippen molar-refractivity contribution in [2.45, 2.75) is 44.9 Å². The first-order valence-electron chi connectivity index (χ1n) is 10.5. The van der Waals surface area contributed by atoms with Crippen molar-refractivity contribution >= 4 is 48.8 Å². The molecule has 0 radical (unpaired) electrons. The quantitative estimate of drug-likeness (QED) is 0.399. The number of hydrogen-bond donors (Lipinski definition) is 2. The molecular weight excluding hydrogens is 440 g/mol. The third-order valence-corrected chi connectivity index (χ3v) is 8.58. The summed E-state index contributed by atoms with van der Waals surface area (Å²) in [5, 5.41) is 4.41. The van der Waals surface area contributed by atoms with Crippen molar-refractivity contribution in [1.82, 2.24) is 9.97 Å². The number of rotatable bonds is 5. The molecule has 0 amide bonds. The first-order valence-corrected chi connectivity index (χ1v) is 12.8. The Kier molecular flexibility index (Phi) is 5.14. The fourth-order valence-corrected chi connectivity index (χ4v) is 6.89. The Morgan fingerprint density at radius 1 is 0.969 bits per heavy atom. The van der Waals surface area contributed by atoms with E-state index in [1.54, 1.807) is 36.7 Å². The third-order valence-electron chi connectivity index (χ3n) is 5.87. The van der Waals surface area contributed by atoms with Gasteiger partial charge in [0.25, 0.3) is 10.0 Å². The van der Waals surface area contributed by atoms with Crippen molar-refractivity contribution < 1.29 is 8.42 Å². The lowest BCUT2D eigenvalue weighted by molar-refractivity contribution is 0.600. The fourth-order valence-electron chi connectivity index (χ4n) is 4.26. The van der Waals surface area contributed by atoms with Gasteiger partial charge in [0.1, 0.15) is 17.0 Å². The number of sulfonamides is 1. The number of nitrogens with zero attached hydrogens (tertiary/aromatic N) is 2. The molecule has 1 aliphatic carbocycles. The van der Waals surface area contributed by atoms with Gasteiger partial charge in [0.05, 0.1) is 16.0 Å². The second kappa shape index (κ2) is 7.86. The molecule has 5 rings (SSSR count). The molecule has 4 aromatic rings. The van der Waals surface area contributed by atoms with Crippen LogP contribution in [0.1, 0.15) is 33.6 Å². The molecule has 0 aliphatic heterocycles. The molecule has 0 atom stereocenters. The Balaban J connectivity index is 1.50. The molecule has 32 heavy (non-hydrogen) atoms. The molecule has 0 saturated heterocycles. The third kappa shape index (κ3) is 3.73. The van der Waals surface area contributed by atoms with Crippen molar-refractivity contribution in [3.8, 4) is 0 Å². The van der Waals surface area contributed by atoms with Gasteiger partial charge in [-0.05, 0) is 74.9 Å². The van der Waals surface area contributed by atoms with Crippen LogP contribution in [0.25, 0.3) is 10.2 Å². The standard InChI is InChI=1S/C24H24N4O2S2/c1-14-7-10-19(16(3)11-14)28-32(29,30)21-12-17(9-8-15(21)2)27-23-22-18-5-4-6-20(18)31-24(22)26-13-25-23/h7-13,28H,4-6H2,1-3H3,(H,25,26,27). The molecule has 0 fully saturated rings. The van der Waals surface area contributed by atoms with Crippen LogP contribution in [0.15, 0.2) is 47.6 Å². The van der Waals surface area contributed by atoms with E-state index in [1.165, 1.54) is 10.4 Å². The van der Waals surface area contributed by atoms with Gasteiger partial charge in [0.2, 0.25) is 0 Å². The summed E-state index contributed by atoms with van der Waals surface area (Å²) in [6.07, 6.45) is 4.84. The minimum absolute atomic E-state index is 0.239. The summed E-state index contributed by atoms with van der Waals surface area (Å²) in [6, 6.07) is 11.0. The van der Waals surface area contributed by atoms with Crippen LogP contribution in [-0.4, -0.2) is 18.4 Å². The van der Waals surface area contributed by atoms with Crippen LogP contribution in [0.4, 0.5) is 17.2 Å². The number of hydrogen-bond acceptors (Lipinski definition) is 6. The van der Waals surface area contributed by atoms with E-state index in [0.29, 0.717) is 16.9 Å². The molecule has 0 spiro atoms. The summed E-state index contributed by atoms with van der Waals surface area (Å²) in [4.78, 5) is 11.5. The predicted molar refractivity (Wildman–Crippen MR) is 131 cm³/mol. The molecule has 0 saturated carbocycles. The van der Waals surface area contributed by atoms with Crippen molar-refractivity contribution in [2.24, 2.45) is 0 Å². The van der Waals surface area contributed by atoms with Gasteiger partial charge in [-0.2, -0.15) is 0 Å². The smallest absolute Gasteiger partial charge is 0.262 e. The molecule has 0 unspecified atom stereocenters. The van der Waals surface area contributed by atoms with Crippen LogP contribution < -0.4 is 10.0 Å². The molecule has 2 heterocycles. The second-order valence-electron chi connectivity index (χ2n) is 8.29. The van der Waals surface area contributed by atoms with Crippen molar-refractivity contribution in [3.05, 3.63) is 69.9 Å². The molecule has 2 aromatic heterocycles. The van der Waals surface area contributed by atoms with E-state index in [4.69, 9.17) is 0 Å². The van der Waals surface area contributed by atoms with Gasteiger partial charge in [-0.3, -0.25) is 4.72 Å². The maximum atomic E-state index is 13.2. The summed E-state index contributed by atoms with van der Waals surface area (Å²) < 4.78 is 29.2. The van der Waals surface area contributed by atoms with E-state index >= 15 is 0 Å². The normalized spacial score (nSPS) is 13.3. The zero-order valence-electron chi connectivity index (χ0n) is 18.2. The molecule has 2 N–H and O–H groups in total. The highest BCUT2D eigenvalue weighted by atomic mass is 32.2. The Morgan fingerprint density at radius 3 is 2.62 bits per heavy atom. The number of aromatic nitrogens is 2. The monoisotopic (exact) mass is 464 g/mol. The van der Waals surface area contributed by atoms with Crippen molar-refractivity contribution in [3.63, 3.8) is 0 Å². The average molecular weight is 465 g/mol. The van der Waals surface area contributed by atoms with E-state index in [-0.39, 0.29) is 4.90 Å². The topological polar surface area (TPSA) is 84.0 Å². The van der Waals surface area contributed by atoms with E-state index in [0.717, 1.165) is 46.4 Å². The second-order valence-corrected chi connectivity index (χ2v) is 11.0. The summed E-state index contributed by atoms with van der Waals surface area (Å²) in [5.41, 5.74) is 5.23. The van der Waals surface area contributed by atoms with E-state index in [2.05, 4.69) is 20.0 Å². The minimum atomic E-state index is -3.76. The van der Waals surface area contributed by atoms with Crippen LogP contribution in [-0.2, 0) is 22.9 Å². The molecule has 0 bridgehead atoms. The van der Waals surface area contributed by atoms with E-state index in [9.17, 15) is 8.42 Å². The van der Waals surface area contributed by atoms with Gasteiger partial charge in [0, 0.05) is 10.6 Å². The number of benzene rings is 2. The van der Waals surface area contributed by atoms with Crippen molar-refractivity contribution in [2.75, 3.05) is 10.0 Å². The van der Waals surface area contributed by atoms with Crippen LogP contribution in [0.5, 0.6) is 0 Å². The van der Waals surface area contributed by atoms with E-state index < -0.39 is 10.0 Å². The molecule has 2 aromatic carbocycles. The molecule has 8 heteroatoms. The van der Waals surface area contributed by atoms with Gasteiger partial charge < -0.3 is 5.32 Å². The first-order chi connectivity index (χ1) is 15.3. The largest absolute Gasteiger partial charge is 0.340 e. The van der Waals surface area contributed by atoms with Gasteiger partial charge in [-0.15, -0.1) is 11.3 Å². The van der Waals surface area contributed by atoms with Crippen molar-refractivity contribution in [1.29, 1.82) is 0 Å². The SMILES string of the molecule is Cc1ccc(NS(=O)(=O)c2cc(Nc3ncnc4sc5c(c34)CCC5)ccc2C)c(C)c1. The average Bonchev–Trinajstić information content (AvgIpc) is 3.33. The van der Waals surface area contributed by atoms with Crippen LogP contribution >= 0.6 is 11.3 Å². The lowest BCUT2D eigenvalue weighted by Crippen LogP contribution is -2.15. The Bertz CT molecular complexity index is 1460. The zero-order valence-corrected chi connectivity index (χ0v) is 19.8. The number of fused-ring (bicyclic) bond motifs is 3. The summed E-state index contributed by atoms with van der Waals surface area (Å²) >= 11 is 1.73. The molecule has 164 valence electrons. The highest BCUT2D eigenvalue weighted by Gasteiger charge is 2.22. The lowest BCUT2D eigenvalue weighted by Gasteiger charge is -2.15. The number of anilines is 3. The highest BCUT2D eigenvalue weighted by molar-refractivity contribution is 7.92. The van der Waals surface area contributed by atoms with Gasteiger partial charge in [0.15, 0.2) is 0 Å². The molecule has 1 aliphatic rings. The molecular formula is C24H24N4O2S2. The summed E-state index contributed by atoms with van der Waals surface area (Å²) in [5.74, 6) is 0.726. The van der Waals surface area contributed by atoms with Crippen LogP contribution in [0.2, 0.25) is 0 Å². The molecule has 6 nitrogen and oxygen atoms in total. The minimum Gasteiger partial charge on any atom is -0.340 e. The first kappa shape index (κ1) is 20.9. The maximum absolute atomic E-state index is 13.2.